The van der Waals surface area contributed by atoms with E-state index in [2.05, 4.69) is 19.9 Å². The minimum Gasteiger partial charge on any atom is -0.337 e. The van der Waals surface area contributed by atoms with Gasteiger partial charge < -0.3 is 4.90 Å². The maximum atomic E-state index is 12.4. The molecule has 2 aromatic rings. The van der Waals surface area contributed by atoms with E-state index in [1.807, 2.05) is 4.90 Å². The van der Waals surface area contributed by atoms with Crippen LogP contribution in [0.2, 0.25) is 0 Å². The second-order valence-electron chi connectivity index (χ2n) is 4.81. The molecule has 1 unspecified atom stereocenters. The van der Waals surface area contributed by atoms with Crippen molar-refractivity contribution in [1.29, 1.82) is 0 Å². The second kappa shape index (κ2) is 5.73. The summed E-state index contributed by atoms with van der Waals surface area (Å²) in [5, 5.41) is 0. The number of hydrogen-bond acceptors (Lipinski definition) is 5. The van der Waals surface area contributed by atoms with Crippen LogP contribution in [0.3, 0.4) is 0 Å². The summed E-state index contributed by atoms with van der Waals surface area (Å²) >= 11 is 0. The Hall–Kier alpha value is -2.37. The molecule has 1 amide bonds. The molecule has 0 aliphatic carbocycles. The van der Waals surface area contributed by atoms with Crippen molar-refractivity contribution in [1.82, 2.24) is 24.8 Å². The zero-order valence-electron chi connectivity index (χ0n) is 11.0. The molecule has 3 heterocycles. The molecule has 2 aromatic heterocycles. The average Bonchev–Trinajstić information content (AvgIpc) is 2.56. The number of nitrogens with zero attached hydrogens (tertiary/aromatic N) is 5. The number of rotatable bonds is 2. The van der Waals surface area contributed by atoms with Crippen LogP contribution in [0.15, 0.2) is 37.2 Å². The summed E-state index contributed by atoms with van der Waals surface area (Å²) < 4.78 is 0. The SMILES string of the molecule is O=C(c1cnccn1)N1CCCC(c2cnccn2)C1. The van der Waals surface area contributed by atoms with Gasteiger partial charge >= 0.3 is 0 Å². The number of likely N-dealkylation sites (tertiary alicyclic amines) is 1. The van der Waals surface area contributed by atoms with Gasteiger partial charge in [0.1, 0.15) is 5.69 Å². The fourth-order valence-electron chi connectivity index (χ4n) is 2.50. The Morgan fingerprint density at radius 3 is 2.60 bits per heavy atom. The maximum absolute atomic E-state index is 12.4. The number of hydrogen-bond donors (Lipinski definition) is 0. The fourth-order valence-corrected chi connectivity index (χ4v) is 2.50. The number of aromatic nitrogens is 4. The predicted molar refractivity (Wildman–Crippen MR) is 71.9 cm³/mol. The highest BCUT2D eigenvalue weighted by Crippen LogP contribution is 2.25. The van der Waals surface area contributed by atoms with Gasteiger partial charge in [0.15, 0.2) is 0 Å². The Kier molecular flexibility index (Phi) is 3.62. The molecule has 102 valence electrons. The molecule has 20 heavy (non-hydrogen) atoms. The lowest BCUT2D eigenvalue weighted by Crippen LogP contribution is -2.39. The van der Waals surface area contributed by atoms with Crippen LogP contribution in [0.1, 0.15) is 34.9 Å². The molecule has 6 heteroatoms. The molecule has 3 rings (SSSR count). The van der Waals surface area contributed by atoms with Crippen LogP contribution in [-0.4, -0.2) is 43.8 Å². The van der Waals surface area contributed by atoms with E-state index in [4.69, 9.17) is 0 Å². The quantitative estimate of drug-likeness (QED) is 0.821. The Bertz CT molecular complexity index is 575. The van der Waals surface area contributed by atoms with Gasteiger partial charge in [-0.1, -0.05) is 0 Å². The topological polar surface area (TPSA) is 71.9 Å². The van der Waals surface area contributed by atoms with Gasteiger partial charge in [0.05, 0.1) is 11.9 Å². The van der Waals surface area contributed by atoms with Gasteiger partial charge in [-0.2, -0.15) is 0 Å². The lowest BCUT2D eigenvalue weighted by Gasteiger charge is -2.32. The van der Waals surface area contributed by atoms with Crippen molar-refractivity contribution in [3.63, 3.8) is 0 Å². The Morgan fingerprint density at radius 1 is 1.10 bits per heavy atom. The van der Waals surface area contributed by atoms with E-state index in [-0.39, 0.29) is 11.8 Å². The third-order valence-corrected chi connectivity index (χ3v) is 3.49. The normalized spacial score (nSPS) is 18.8. The standard InChI is InChI=1S/C14H15N5O/c20-14(13-9-16-4-6-18-13)19-7-1-2-11(10-19)12-8-15-3-5-17-12/h3-6,8-9,11H,1-2,7,10H2. The monoisotopic (exact) mass is 269 g/mol. The molecule has 0 N–H and O–H groups in total. The molecule has 0 radical (unpaired) electrons. The van der Waals surface area contributed by atoms with Crippen molar-refractivity contribution in [2.45, 2.75) is 18.8 Å². The highest BCUT2D eigenvalue weighted by atomic mass is 16.2. The van der Waals surface area contributed by atoms with Gasteiger partial charge in [-0.15, -0.1) is 0 Å². The summed E-state index contributed by atoms with van der Waals surface area (Å²) in [6.07, 6.45) is 11.7. The third kappa shape index (κ3) is 2.64. The van der Waals surface area contributed by atoms with E-state index >= 15 is 0 Å². The zero-order valence-corrected chi connectivity index (χ0v) is 11.0. The smallest absolute Gasteiger partial charge is 0.274 e. The molecule has 1 atom stereocenters. The van der Waals surface area contributed by atoms with Crippen LogP contribution < -0.4 is 0 Å². The first-order valence-electron chi connectivity index (χ1n) is 6.66. The van der Waals surface area contributed by atoms with E-state index in [0.29, 0.717) is 12.2 Å². The Morgan fingerprint density at radius 2 is 1.90 bits per heavy atom. The van der Waals surface area contributed by atoms with Crippen molar-refractivity contribution >= 4 is 5.91 Å². The molecule has 0 bridgehead atoms. The lowest BCUT2D eigenvalue weighted by atomic mass is 9.95. The molecule has 0 aromatic carbocycles. The van der Waals surface area contributed by atoms with Gasteiger partial charge in [0, 0.05) is 50.0 Å². The molecule has 6 nitrogen and oxygen atoms in total. The molecular weight excluding hydrogens is 254 g/mol. The number of carbonyl (C=O) groups excluding carboxylic acids is 1. The van der Waals surface area contributed by atoms with Crippen molar-refractivity contribution in [3.05, 3.63) is 48.6 Å². The first-order valence-corrected chi connectivity index (χ1v) is 6.66. The fraction of sp³-hybridized carbons (Fsp3) is 0.357. The highest BCUT2D eigenvalue weighted by molar-refractivity contribution is 5.92. The van der Waals surface area contributed by atoms with E-state index in [1.54, 1.807) is 24.8 Å². The van der Waals surface area contributed by atoms with Crippen molar-refractivity contribution in [3.8, 4) is 0 Å². The highest BCUT2D eigenvalue weighted by Gasteiger charge is 2.26. The number of carbonyl (C=O) groups is 1. The minimum absolute atomic E-state index is 0.0632. The van der Waals surface area contributed by atoms with E-state index in [1.165, 1.54) is 12.4 Å². The van der Waals surface area contributed by atoms with Crippen LogP contribution >= 0.6 is 0 Å². The largest absolute Gasteiger partial charge is 0.337 e. The summed E-state index contributed by atoms with van der Waals surface area (Å²) in [7, 11) is 0. The summed E-state index contributed by atoms with van der Waals surface area (Å²) in [4.78, 5) is 30.6. The Balaban J connectivity index is 1.74. The van der Waals surface area contributed by atoms with Crippen LogP contribution in [0.4, 0.5) is 0 Å². The van der Waals surface area contributed by atoms with Gasteiger partial charge in [-0.3, -0.25) is 19.7 Å². The molecule has 1 aliphatic rings. The number of piperidine rings is 1. The van der Waals surface area contributed by atoms with Crippen LogP contribution in [0.25, 0.3) is 0 Å². The van der Waals surface area contributed by atoms with E-state index in [0.717, 1.165) is 25.1 Å². The van der Waals surface area contributed by atoms with Crippen molar-refractivity contribution in [2.75, 3.05) is 13.1 Å². The maximum Gasteiger partial charge on any atom is 0.274 e. The van der Waals surface area contributed by atoms with Gasteiger partial charge in [-0.25, -0.2) is 4.98 Å². The van der Waals surface area contributed by atoms with Crippen LogP contribution in [-0.2, 0) is 0 Å². The average molecular weight is 269 g/mol. The van der Waals surface area contributed by atoms with Gasteiger partial charge in [0.2, 0.25) is 0 Å². The molecule has 0 saturated carbocycles. The molecule has 1 saturated heterocycles. The van der Waals surface area contributed by atoms with Gasteiger partial charge in [0.25, 0.3) is 5.91 Å². The first kappa shape index (κ1) is 12.7. The minimum atomic E-state index is -0.0632. The second-order valence-corrected chi connectivity index (χ2v) is 4.81. The summed E-state index contributed by atoms with van der Waals surface area (Å²) in [6, 6.07) is 0. The summed E-state index contributed by atoms with van der Waals surface area (Å²) in [5.74, 6) is 0.185. The third-order valence-electron chi connectivity index (χ3n) is 3.49. The van der Waals surface area contributed by atoms with E-state index < -0.39 is 0 Å². The summed E-state index contributed by atoms with van der Waals surface area (Å²) in [6.45, 7) is 1.42. The first-order chi connectivity index (χ1) is 9.84. The molecule has 1 aliphatic heterocycles. The van der Waals surface area contributed by atoms with E-state index in [9.17, 15) is 4.79 Å². The molecular formula is C14H15N5O. The zero-order chi connectivity index (χ0) is 13.8. The van der Waals surface area contributed by atoms with Crippen LogP contribution in [0, 0.1) is 0 Å². The number of amides is 1. The predicted octanol–water partition coefficient (Wildman–Crippen LogP) is 1.29. The Labute approximate surface area is 116 Å². The lowest BCUT2D eigenvalue weighted by molar-refractivity contribution is 0.0699. The molecule has 0 spiro atoms. The summed E-state index contributed by atoms with van der Waals surface area (Å²) in [5.41, 5.74) is 1.34. The van der Waals surface area contributed by atoms with Crippen molar-refractivity contribution in [2.24, 2.45) is 0 Å². The van der Waals surface area contributed by atoms with Crippen molar-refractivity contribution < 1.29 is 4.79 Å². The van der Waals surface area contributed by atoms with Gasteiger partial charge in [-0.05, 0) is 12.8 Å². The van der Waals surface area contributed by atoms with Crippen LogP contribution in [0.5, 0.6) is 0 Å². The molecule has 1 fully saturated rings.